The Balaban J connectivity index is 1.87. The molecule has 110 valence electrons. The van der Waals surface area contributed by atoms with Crippen LogP contribution in [0, 0.1) is 19.8 Å². The minimum atomic E-state index is 0.750. The maximum absolute atomic E-state index is 3.23. The highest BCUT2D eigenvalue weighted by Gasteiger charge is 2.16. The Labute approximate surface area is 123 Å². The van der Waals surface area contributed by atoms with E-state index in [-0.39, 0.29) is 0 Å². The lowest BCUT2D eigenvalue weighted by Crippen LogP contribution is -2.37. The average Bonchev–Trinajstić information content (AvgIpc) is 2.46. The molecule has 0 atom stereocenters. The number of benzene rings is 1. The summed E-state index contributed by atoms with van der Waals surface area (Å²) in [5.41, 5.74) is 4.17. The molecule has 1 saturated heterocycles. The lowest BCUT2D eigenvalue weighted by atomic mass is 9.94. The van der Waals surface area contributed by atoms with Crippen LogP contribution in [0.15, 0.2) is 24.3 Å². The summed E-state index contributed by atoms with van der Waals surface area (Å²) >= 11 is 0. The van der Waals surface area contributed by atoms with Crippen LogP contribution in [-0.4, -0.2) is 38.1 Å². The number of nitrogens with one attached hydrogen (secondary N) is 1. The zero-order valence-electron chi connectivity index (χ0n) is 13.2. The summed E-state index contributed by atoms with van der Waals surface area (Å²) in [5, 5.41) is 3.23. The van der Waals surface area contributed by atoms with E-state index in [0.29, 0.717) is 0 Å². The van der Waals surface area contributed by atoms with Gasteiger partial charge in [-0.25, -0.2) is 0 Å². The van der Waals surface area contributed by atoms with Gasteiger partial charge in [0.05, 0.1) is 0 Å². The Morgan fingerprint density at radius 2 is 1.85 bits per heavy atom. The van der Waals surface area contributed by atoms with E-state index in [9.17, 15) is 0 Å². The monoisotopic (exact) mass is 272 g/mol. The van der Waals surface area contributed by atoms with Gasteiger partial charge in [0.1, 0.15) is 0 Å². The summed E-state index contributed by atoms with van der Waals surface area (Å²) in [7, 11) is 2.03. The molecule has 2 rings (SSSR count). The highest BCUT2D eigenvalue weighted by atomic mass is 15.1. The lowest BCUT2D eigenvalue weighted by Gasteiger charge is -2.30. The molecule has 1 aliphatic rings. The maximum Gasteiger partial charge on any atom is 0.0107 e. The molecular weight excluding hydrogens is 244 g/mol. The summed E-state index contributed by atoms with van der Waals surface area (Å²) < 4.78 is 0. The largest absolute Gasteiger partial charge is 0.318 e. The molecule has 1 aliphatic heterocycles. The maximum atomic E-state index is 3.23. The molecule has 1 N–H and O–H groups in total. The van der Waals surface area contributed by atoms with E-state index in [1.165, 1.54) is 49.2 Å². The second kappa shape index (κ2) is 7.61. The van der Waals surface area contributed by atoms with Crippen LogP contribution in [0.2, 0.25) is 0 Å². The first-order valence-electron chi connectivity index (χ1n) is 7.82. The zero-order chi connectivity index (χ0) is 14.4. The molecule has 0 aliphatic carbocycles. The topological polar surface area (TPSA) is 15.3 Å². The molecule has 2 heteroatoms. The molecule has 0 spiro atoms. The quantitative estimate of drug-likeness (QED) is 0.885. The third-order valence-electron chi connectivity index (χ3n) is 4.39. The molecule has 0 saturated carbocycles. The summed E-state index contributed by atoms with van der Waals surface area (Å²) in [4.78, 5) is 2.57. The third kappa shape index (κ3) is 4.19. The molecule has 1 fully saturated rings. The average molecular weight is 272 g/mol. The Morgan fingerprint density at radius 3 is 2.45 bits per heavy atom. The van der Waals surface area contributed by atoms with Crippen LogP contribution >= 0.6 is 0 Å². The normalized spacial score (nSPS) is 17.9. The van der Waals surface area contributed by atoms with E-state index in [1.54, 1.807) is 0 Å². The van der Waals surface area contributed by atoms with Crippen LogP contribution in [0.3, 0.4) is 0 Å². The van der Waals surface area contributed by atoms with Gasteiger partial charge in [-0.15, -0.1) is 0 Å². The van der Waals surface area contributed by atoms with Crippen LogP contribution in [0.25, 0.3) is 6.08 Å². The van der Waals surface area contributed by atoms with Gasteiger partial charge in [0.2, 0.25) is 0 Å². The molecule has 1 aromatic rings. The van der Waals surface area contributed by atoms with Crippen LogP contribution in [0.5, 0.6) is 0 Å². The fourth-order valence-corrected chi connectivity index (χ4v) is 2.96. The summed E-state index contributed by atoms with van der Waals surface area (Å²) in [6.45, 7) is 9.17. The van der Waals surface area contributed by atoms with Crippen LogP contribution < -0.4 is 5.32 Å². The van der Waals surface area contributed by atoms with Crippen molar-refractivity contribution >= 4 is 6.08 Å². The minimum absolute atomic E-state index is 0.750. The molecule has 0 aromatic heterocycles. The van der Waals surface area contributed by atoms with Crippen molar-refractivity contribution in [2.75, 3.05) is 33.2 Å². The number of allylic oxidation sites excluding steroid dienone is 1. The van der Waals surface area contributed by atoms with Gasteiger partial charge >= 0.3 is 0 Å². The van der Waals surface area contributed by atoms with Gasteiger partial charge in [0.25, 0.3) is 0 Å². The van der Waals surface area contributed by atoms with Gasteiger partial charge < -0.3 is 10.2 Å². The number of likely N-dealkylation sites (N-methyl/N-ethyl adjacent to an activating group) is 1. The van der Waals surface area contributed by atoms with Gasteiger partial charge in [0.15, 0.2) is 0 Å². The fourth-order valence-electron chi connectivity index (χ4n) is 2.96. The van der Waals surface area contributed by atoms with Gasteiger partial charge in [0, 0.05) is 13.1 Å². The number of aryl methyl sites for hydroxylation is 2. The smallest absolute Gasteiger partial charge is 0.0107 e. The Bertz CT molecular complexity index is 422. The van der Waals surface area contributed by atoms with E-state index in [0.717, 1.165) is 12.5 Å². The van der Waals surface area contributed by atoms with E-state index in [4.69, 9.17) is 0 Å². The Kier molecular flexibility index (Phi) is 5.81. The Morgan fingerprint density at radius 1 is 1.20 bits per heavy atom. The highest BCUT2D eigenvalue weighted by Crippen LogP contribution is 2.21. The zero-order valence-corrected chi connectivity index (χ0v) is 13.2. The van der Waals surface area contributed by atoms with E-state index >= 15 is 0 Å². The molecular formula is C18H28N2. The van der Waals surface area contributed by atoms with E-state index in [2.05, 4.69) is 54.4 Å². The summed E-state index contributed by atoms with van der Waals surface area (Å²) in [6.07, 6.45) is 7.37. The second-order valence-electron chi connectivity index (χ2n) is 5.95. The molecule has 0 amide bonds. The van der Waals surface area contributed by atoms with E-state index in [1.807, 2.05) is 7.05 Å². The predicted molar refractivity (Wildman–Crippen MR) is 88.0 cm³/mol. The minimum Gasteiger partial charge on any atom is -0.318 e. The standard InChI is InChI=1S/C18H28N2/c1-15-5-4-6-16(2)18(15)8-7-17-9-12-20(13-10-17)14-11-19-3/h4-8,17,19H,9-14H2,1-3H3. The van der Waals surface area contributed by atoms with Crippen molar-refractivity contribution in [2.24, 2.45) is 5.92 Å². The fraction of sp³-hybridized carbons (Fsp3) is 0.556. The molecule has 20 heavy (non-hydrogen) atoms. The molecule has 0 radical (unpaired) electrons. The van der Waals surface area contributed by atoms with Gasteiger partial charge in [-0.3, -0.25) is 0 Å². The van der Waals surface area contributed by atoms with Crippen molar-refractivity contribution in [1.29, 1.82) is 0 Å². The van der Waals surface area contributed by atoms with Gasteiger partial charge in [-0.05, 0) is 69.4 Å². The van der Waals surface area contributed by atoms with Crippen LogP contribution in [0.4, 0.5) is 0 Å². The number of rotatable bonds is 5. The number of piperidine rings is 1. The molecule has 0 bridgehead atoms. The first-order chi connectivity index (χ1) is 9.70. The molecule has 2 nitrogen and oxygen atoms in total. The van der Waals surface area contributed by atoms with Gasteiger partial charge in [-0.1, -0.05) is 30.4 Å². The van der Waals surface area contributed by atoms with Crippen molar-refractivity contribution < 1.29 is 0 Å². The second-order valence-corrected chi connectivity index (χ2v) is 5.95. The van der Waals surface area contributed by atoms with Crippen LogP contribution in [-0.2, 0) is 0 Å². The number of hydrogen-bond donors (Lipinski definition) is 1. The van der Waals surface area contributed by atoms with Crippen LogP contribution in [0.1, 0.15) is 29.5 Å². The van der Waals surface area contributed by atoms with Crippen molar-refractivity contribution in [3.8, 4) is 0 Å². The van der Waals surface area contributed by atoms with Gasteiger partial charge in [-0.2, -0.15) is 0 Å². The third-order valence-corrected chi connectivity index (χ3v) is 4.39. The predicted octanol–water partition coefficient (Wildman–Crippen LogP) is 3.25. The van der Waals surface area contributed by atoms with Crippen molar-refractivity contribution in [3.05, 3.63) is 41.0 Å². The number of hydrogen-bond acceptors (Lipinski definition) is 2. The first-order valence-corrected chi connectivity index (χ1v) is 7.82. The lowest BCUT2D eigenvalue weighted by molar-refractivity contribution is 0.205. The Hall–Kier alpha value is -1.12. The van der Waals surface area contributed by atoms with E-state index < -0.39 is 0 Å². The highest BCUT2D eigenvalue weighted by molar-refractivity contribution is 5.57. The van der Waals surface area contributed by atoms with Crippen molar-refractivity contribution in [1.82, 2.24) is 10.2 Å². The summed E-state index contributed by atoms with van der Waals surface area (Å²) in [5.74, 6) is 0.750. The number of nitrogens with zero attached hydrogens (tertiary/aromatic N) is 1. The molecule has 1 heterocycles. The molecule has 0 unspecified atom stereocenters. The van der Waals surface area contributed by atoms with Crippen molar-refractivity contribution in [3.63, 3.8) is 0 Å². The van der Waals surface area contributed by atoms with Crippen molar-refractivity contribution in [2.45, 2.75) is 26.7 Å². The number of likely N-dealkylation sites (tertiary alicyclic amines) is 1. The summed E-state index contributed by atoms with van der Waals surface area (Å²) in [6, 6.07) is 6.54. The first kappa shape index (κ1) is 15.3. The SMILES string of the molecule is CNCCN1CCC(C=Cc2c(C)cccc2C)CC1. The molecule has 1 aromatic carbocycles.